The smallest absolute Gasteiger partial charge is 0.243 e. The minimum absolute atomic E-state index is 0.177. The van der Waals surface area contributed by atoms with Gasteiger partial charge in [0.15, 0.2) is 0 Å². The molecular weight excluding hydrogens is 351 g/mol. The number of benzene rings is 2. The maximum Gasteiger partial charge on any atom is 0.243 e. The Kier molecular flexibility index (Phi) is 6.06. The summed E-state index contributed by atoms with van der Waals surface area (Å²) in [6.07, 6.45) is 1.53. The lowest BCUT2D eigenvalue weighted by Crippen LogP contribution is -2.49. The third-order valence-electron chi connectivity index (χ3n) is 4.96. The van der Waals surface area contributed by atoms with Gasteiger partial charge in [0.1, 0.15) is 5.82 Å². The van der Waals surface area contributed by atoms with Crippen LogP contribution in [-0.2, 0) is 22.9 Å². The molecule has 3 rings (SSSR count). The van der Waals surface area contributed by atoms with E-state index >= 15 is 0 Å². The van der Waals surface area contributed by atoms with E-state index in [9.17, 15) is 12.8 Å². The number of hydrogen-bond acceptors (Lipinski definition) is 3. The zero-order chi connectivity index (χ0) is 18.6. The van der Waals surface area contributed by atoms with Crippen molar-refractivity contribution >= 4 is 10.0 Å². The minimum atomic E-state index is -3.44. The summed E-state index contributed by atoms with van der Waals surface area (Å²) in [4.78, 5) is 2.55. The molecule has 1 fully saturated rings. The van der Waals surface area contributed by atoms with Crippen molar-refractivity contribution in [1.29, 1.82) is 0 Å². The summed E-state index contributed by atoms with van der Waals surface area (Å²) in [6, 6.07) is 13.9. The van der Waals surface area contributed by atoms with Crippen LogP contribution in [0.3, 0.4) is 0 Å². The van der Waals surface area contributed by atoms with Gasteiger partial charge < -0.3 is 4.90 Å². The van der Waals surface area contributed by atoms with Gasteiger partial charge in [-0.15, -0.1) is 0 Å². The van der Waals surface area contributed by atoms with Crippen molar-refractivity contribution in [2.24, 2.45) is 0 Å². The molecule has 1 saturated heterocycles. The number of halogens is 1. The van der Waals surface area contributed by atoms with Crippen LogP contribution in [0.2, 0.25) is 0 Å². The number of rotatable bonds is 6. The molecule has 0 saturated carbocycles. The lowest BCUT2D eigenvalue weighted by Gasteiger charge is -2.34. The molecule has 0 aromatic heterocycles. The average Bonchev–Trinajstić information content (AvgIpc) is 2.68. The Hall–Kier alpha value is -1.76. The molecule has 6 heteroatoms. The maximum absolute atomic E-state index is 13.7. The molecule has 0 unspecified atom stereocenters. The first-order valence-corrected chi connectivity index (χ1v) is 10.5. The first-order valence-electron chi connectivity index (χ1n) is 9.05. The summed E-state index contributed by atoms with van der Waals surface area (Å²) in [5, 5.41) is 0. The van der Waals surface area contributed by atoms with E-state index in [4.69, 9.17) is 0 Å². The molecule has 0 N–H and O–H groups in total. The fourth-order valence-electron chi connectivity index (χ4n) is 3.22. The standard InChI is InChI=1S/C20H25FN2O2S/c1-2-17-7-9-19(10-8-17)26(24,25)23-15-13-22(14-16-23)12-11-18-5-3-4-6-20(18)21/h3-10H,2,11-16H2,1H3. The van der Waals surface area contributed by atoms with E-state index in [1.807, 2.05) is 25.1 Å². The third kappa shape index (κ3) is 4.31. The highest BCUT2D eigenvalue weighted by atomic mass is 32.2. The summed E-state index contributed by atoms with van der Waals surface area (Å²) in [5.74, 6) is -0.177. The Morgan fingerprint density at radius 3 is 2.23 bits per heavy atom. The van der Waals surface area contributed by atoms with Crippen LogP contribution in [0.4, 0.5) is 4.39 Å². The van der Waals surface area contributed by atoms with Gasteiger partial charge in [-0.05, 0) is 42.2 Å². The summed E-state index contributed by atoms with van der Waals surface area (Å²) in [5.41, 5.74) is 1.83. The van der Waals surface area contributed by atoms with Gasteiger partial charge >= 0.3 is 0 Å². The van der Waals surface area contributed by atoms with Crippen LogP contribution in [0, 0.1) is 5.82 Å². The molecule has 1 aliphatic heterocycles. The second kappa shape index (κ2) is 8.29. The van der Waals surface area contributed by atoms with Gasteiger partial charge in [0.05, 0.1) is 4.90 Å². The summed E-state index contributed by atoms with van der Waals surface area (Å²) in [6.45, 7) is 5.05. The Balaban J connectivity index is 1.56. The van der Waals surface area contributed by atoms with E-state index in [-0.39, 0.29) is 5.82 Å². The highest BCUT2D eigenvalue weighted by Crippen LogP contribution is 2.19. The molecule has 0 bridgehead atoms. The molecule has 4 nitrogen and oxygen atoms in total. The SMILES string of the molecule is CCc1ccc(S(=O)(=O)N2CCN(CCc3ccccc3F)CC2)cc1. The van der Waals surface area contributed by atoms with Gasteiger partial charge in [-0.1, -0.05) is 37.3 Å². The van der Waals surface area contributed by atoms with Gasteiger partial charge in [-0.25, -0.2) is 12.8 Å². The normalized spacial score (nSPS) is 16.7. The minimum Gasteiger partial charge on any atom is -0.300 e. The molecule has 1 heterocycles. The number of sulfonamides is 1. The summed E-state index contributed by atoms with van der Waals surface area (Å²) < 4.78 is 40.8. The molecule has 0 amide bonds. The van der Waals surface area contributed by atoms with Gasteiger partial charge in [-0.2, -0.15) is 4.31 Å². The number of piperazine rings is 1. The predicted octanol–water partition coefficient (Wildman–Crippen LogP) is 2.94. The van der Waals surface area contributed by atoms with E-state index in [1.54, 1.807) is 28.6 Å². The molecule has 0 atom stereocenters. The maximum atomic E-state index is 13.7. The van der Waals surface area contributed by atoms with E-state index < -0.39 is 10.0 Å². The molecule has 2 aromatic carbocycles. The molecule has 0 aliphatic carbocycles. The van der Waals surface area contributed by atoms with Crippen LogP contribution in [0.15, 0.2) is 53.4 Å². The topological polar surface area (TPSA) is 40.6 Å². The van der Waals surface area contributed by atoms with Crippen molar-refractivity contribution in [3.8, 4) is 0 Å². The average molecular weight is 376 g/mol. The van der Waals surface area contributed by atoms with Crippen LogP contribution in [0.5, 0.6) is 0 Å². The fraction of sp³-hybridized carbons (Fsp3) is 0.400. The van der Waals surface area contributed by atoms with Gasteiger partial charge in [0.25, 0.3) is 0 Å². The largest absolute Gasteiger partial charge is 0.300 e. The van der Waals surface area contributed by atoms with E-state index in [1.165, 1.54) is 6.07 Å². The Morgan fingerprint density at radius 1 is 0.962 bits per heavy atom. The Bertz CT molecular complexity index is 829. The lowest BCUT2D eigenvalue weighted by molar-refractivity contribution is 0.190. The highest BCUT2D eigenvalue weighted by Gasteiger charge is 2.28. The van der Waals surface area contributed by atoms with Crippen molar-refractivity contribution in [3.63, 3.8) is 0 Å². The van der Waals surface area contributed by atoms with Crippen LogP contribution < -0.4 is 0 Å². The van der Waals surface area contributed by atoms with Gasteiger partial charge in [0.2, 0.25) is 10.0 Å². The van der Waals surface area contributed by atoms with E-state index in [0.717, 1.165) is 18.5 Å². The Labute approximate surface area is 155 Å². The zero-order valence-electron chi connectivity index (χ0n) is 15.1. The van der Waals surface area contributed by atoms with Crippen LogP contribution in [0.25, 0.3) is 0 Å². The molecular formula is C20H25FN2O2S. The molecule has 0 radical (unpaired) electrons. The number of hydrogen-bond donors (Lipinski definition) is 0. The van der Waals surface area contributed by atoms with Gasteiger partial charge in [0, 0.05) is 32.7 Å². The van der Waals surface area contributed by atoms with E-state index in [2.05, 4.69) is 4.90 Å². The number of aryl methyl sites for hydroxylation is 1. The van der Waals surface area contributed by atoms with Crippen molar-refractivity contribution in [3.05, 3.63) is 65.5 Å². The predicted molar refractivity (Wildman–Crippen MR) is 101 cm³/mol. The molecule has 26 heavy (non-hydrogen) atoms. The first-order chi connectivity index (χ1) is 12.5. The van der Waals surface area contributed by atoms with Crippen molar-refractivity contribution in [1.82, 2.24) is 9.21 Å². The van der Waals surface area contributed by atoms with Crippen LogP contribution in [-0.4, -0.2) is 50.3 Å². The van der Waals surface area contributed by atoms with E-state index in [0.29, 0.717) is 43.1 Å². The van der Waals surface area contributed by atoms with Crippen molar-refractivity contribution < 1.29 is 12.8 Å². The summed E-state index contributed by atoms with van der Waals surface area (Å²) >= 11 is 0. The second-order valence-electron chi connectivity index (χ2n) is 6.58. The third-order valence-corrected chi connectivity index (χ3v) is 6.87. The second-order valence-corrected chi connectivity index (χ2v) is 8.52. The summed E-state index contributed by atoms with van der Waals surface area (Å²) in [7, 11) is -3.44. The first kappa shape index (κ1) is 19.0. The lowest BCUT2D eigenvalue weighted by atomic mass is 10.1. The van der Waals surface area contributed by atoms with Crippen molar-refractivity contribution in [2.45, 2.75) is 24.7 Å². The molecule has 140 valence electrons. The highest BCUT2D eigenvalue weighted by molar-refractivity contribution is 7.89. The fourth-order valence-corrected chi connectivity index (χ4v) is 4.64. The number of nitrogens with zero attached hydrogens (tertiary/aromatic N) is 2. The van der Waals surface area contributed by atoms with Gasteiger partial charge in [-0.3, -0.25) is 0 Å². The zero-order valence-corrected chi connectivity index (χ0v) is 15.9. The quantitative estimate of drug-likeness (QED) is 0.778. The van der Waals surface area contributed by atoms with Crippen LogP contribution >= 0.6 is 0 Å². The molecule has 2 aromatic rings. The van der Waals surface area contributed by atoms with Crippen molar-refractivity contribution in [2.75, 3.05) is 32.7 Å². The Morgan fingerprint density at radius 2 is 1.62 bits per heavy atom. The van der Waals surface area contributed by atoms with Crippen LogP contribution in [0.1, 0.15) is 18.1 Å². The molecule has 0 spiro atoms. The monoisotopic (exact) mass is 376 g/mol. The molecule has 1 aliphatic rings.